The minimum atomic E-state index is -0.860. The standard InChI is InChI=1S/C20H21N3O6/c24-18(21-7-1-3-14-4-2-8-27-14)10-15-19(25)23(20(26)22-15)11-13-5-6-16-17(9-13)29-12-28-16/h2,4-6,8-9,15H,1,3,7,10-12H2,(H,21,24)(H,22,26). The van der Waals surface area contributed by atoms with E-state index in [2.05, 4.69) is 10.6 Å². The van der Waals surface area contributed by atoms with Gasteiger partial charge in [0.25, 0.3) is 5.91 Å². The van der Waals surface area contributed by atoms with Gasteiger partial charge in [-0.25, -0.2) is 4.79 Å². The maximum atomic E-state index is 12.6. The molecule has 4 amide bonds. The lowest BCUT2D eigenvalue weighted by Crippen LogP contribution is -2.36. The number of hydrogen-bond acceptors (Lipinski definition) is 6. The summed E-state index contributed by atoms with van der Waals surface area (Å²) < 4.78 is 15.8. The van der Waals surface area contributed by atoms with Crippen LogP contribution in [0.1, 0.15) is 24.2 Å². The molecule has 0 spiro atoms. The van der Waals surface area contributed by atoms with E-state index < -0.39 is 18.0 Å². The first-order valence-corrected chi connectivity index (χ1v) is 9.39. The molecular formula is C20H21N3O6. The van der Waals surface area contributed by atoms with Crippen molar-refractivity contribution in [1.29, 1.82) is 0 Å². The average Bonchev–Trinajstić information content (AvgIpc) is 3.43. The molecule has 29 heavy (non-hydrogen) atoms. The number of nitrogens with zero attached hydrogens (tertiary/aromatic N) is 1. The fourth-order valence-electron chi connectivity index (χ4n) is 3.29. The number of hydrogen-bond donors (Lipinski definition) is 2. The molecule has 4 rings (SSSR count). The summed E-state index contributed by atoms with van der Waals surface area (Å²) in [6.07, 6.45) is 2.96. The first-order chi connectivity index (χ1) is 14.1. The van der Waals surface area contributed by atoms with Crippen LogP contribution < -0.4 is 20.1 Å². The second-order valence-electron chi connectivity index (χ2n) is 6.85. The fourth-order valence-corrected chi connectivity index (χ4v) is 3.29. The summed E-state index contributed by atoms with van der Waals surface area (Å²) in [5.41, 5.74) is 0.737. The quantitative estimate of drug-likeness (QED) is 0.515. The van der Waals surface area contributed by atoms with Crippen molar-refractivity contribution >= 4 is 17.8 Å². The zero-order valence-electron chi connectivity index (χ0n) is 15.7. The number of ether oxygens (including phenoxy) is 2. The lowest BCUT2D eigenvalue weighted by Gasteiger charge is -2.13. The van der Waals surface area contributed by atoms with Gasteiger partial charge >= 0.3 is 6.03 Å². The lowest BCUT2D eigenvalue weighted by atomic mass is 10.1. The van der Waals surface area contributed by atoms with E-state index in [1.165, 1.54) is 0 Å². The first kappa shape index (κ1) is 18.9. The van der Waals surface area contributed by atoms with Gasteiger partial charge in [0.2, 0.25) is 12.7 Å². The molecule has 0 bridgehead atoms. The predicted molar refractivity (Wildman–Crippen MR) is 100 cm³/mol. The number of rotatable bonds is 8. The van der Waals surface area contributed by atoms with E-state index >= 15 is 0 Å². The van der Waals surface area contributed by atoms with E-state index in [0.717, 1.165) is 29.1 Å². The smallest absolute Gasteiger partial charge is 0.325 e. The zero-order chi connectivity index (χ0) is 20.2. The number of carbonyl (C=O) groups excluding carboxylic acids is 3. The van der Waals surface area contributed by atoms with E-state index in [-0.39, 0.29) is 25.7 Å². The van der Waals surface area contributed by atoms with Crippen LogP contribution in [0.25, 0.3) is 0 Å². The number of amides is 4. The number of furan rings is 1. The molecule has 1 atom stereocenters. The van der Waals surface area contributed by atoms with Crippen LogP contribution in [0, 0.1) is 0 Å². The van der Waals surface area contributed by atoms with Crippen molar-refractivity contribution in [3.8, 4) is 11.5 Å². The van der Waals surface area contributed by atoms with Crippen LogP contribution in [0.4, 0.5) is 4.79 Å². The van der Waals surface area contributed by atoms with Crippen molar-refractivity contribution in [1.82, 2.24) is 15.5 Å². The van der Waals surface area contributed by atoms with E-state index in [1.807, 2.05) is 12.1 Å². The SMILES string of the molecule is O=C(CC1NC(=O)N(Cc2ccc3c(c2)OCO3)C1=O)NCCCc1ccco1. The Morgan fingerprint density at radius 3 is 2.90 bits per heavy atom. The highest BCUT2D eigenvalue weighted by atomic mass is 16.7. The third-order valence-corrected chi connectivity index (χ3v) is 4.78. The number of benzene rings is 1. The monoisotopic (exact) mass is 399 g/mol. The summed E-state index contributed by atoms with van der Waals surface area (Å²) in [6.45, 7) is 0.721. The second kappa shape index (κ2) is 8.26. The Morgan fingerprint density at radius 2 is 2.07 bits per heavy atom. The Morgan fingerprint density at radius 1 is 1.21 bits per heavy atom. The van der Waals surface area contributed by atoms with E-state index in [1.54, 1.807) is 24.5 Å². The van der Waals surface area contributed by atoms with Gasteiger partial charge < -0.3 is 24.5 Å². The van der Waals surface area contributed by atoms with Crippen LogP contribution in [0.15, 0.2) is 41.0 Å². The molecule has 152 valence electrons. The van der Waals surface area contributed by atoms with Crippen LogP contribution in [0.5, 0.6) is 11.5 Å². The Balaban J connectivity index is 1.25. The molecule has 1 unspecified atom stereocenters. The average molecular weight is 399 g/mol. The van der Waals surface area contributed by atoms with Gasteiger partial charge in [-0.3, -0.25) is 14.5 Å². The van der Waals surface area contributed by atoms with E-state index in [0.29, 0.717) is 18.0 Å². The van der Waals surface area contributed by atoms with Crippen molar-refractivity contribution in [3.63, 3.8) is 0 Å². The maximum absolute atomic E-state index is 12.6. The van der Waals surface area contributed by atoms with E-state index in [4.69, 9.17) is 13.9 Å². The summed E-state index contributed by atoms with van der Waals surface area (Å²) in [5, 5.41) is 5.34. The highest BCUT2D eigenvalue weighted by Gasteiger charge is 2.39. The van der Waals surface area contributed by atoms with Crippen molar-refractivity contribution < 1.29 is 28.3 Å². The zero-order valence-corrected chi connectivity index (χ0v) is 15.7. The molecule has 0 aliphatic carbocycles. The van der Waals surface area contributed by atoms with Gasteiger partial charge in [-0.1, -0.05) is 6.07 Å². The lowest BCUT2D eigenvalue weighted by molar-refractivity contribution is -0.131. The van der Waals surface area contributed by atoms with Crippen molar-refractivity contribution in [3.05, 3.63) is 47.9 Å². The third-order valence-electron chi connectivity index (χ3n) is 4.78. The van der Waals surface area contributed by atoms with E-state index in [9.17, 15) is 14.4 Å². The number of fused-ring (bicyclic) bond motifs is 1. The summed E-state index contributed by atoms with van der Waals surface area (Å²) >= 11 is 0. The molecular weight excluding hydrogens is 378 g/mol. The highest BCUT2D eigenvalue weighted by molar-refractivity contribution is 6.05. The minimum Gasteiger partial charge on any atom is -0.469 e. The molecule has 1 fully saturated rings. The van der Waals surface area contributed by atoms with Crippen LogP contribution >= 0.6 is 0 Å². The van der Waals surface area contributed by atoms with Crippen LogP contribution in [0.2, 0.25) is 0 Å². The molecule has 1 aromatic heterocycles. The number of urea groups is 1. The highest BCUT2D eigenvalue weighted by Crippen LogP contribution is 2.33. The topological polar surface area (TPSA) is 110 Å². The molecule has 2 N–H and O–H groups in total. The Hall–Kier alpha value is -3.49. The number of imide groups is 1. The van der Waals surface area contributed by atoms with Gasteiger partial charge in [-0.2, -0.15) is 0 Å². The largest absolute Gasteiger partial charge is 0.469 e. The molecule has 2 aromatic rings. The number of nitrogens with one attached hydrogen (secondary N) is 2. The minimum absolute atomic E-state index is 0.0943. The Labute approximate surface area is 166 Å². The Bertz CT molecular complexity index is 911. The van der Waals surface area contributed by atoms with Crippen LogP contribution in [-0.2, 0) is 22.6 Å². The fraction of sp³-hybridized carbons (Fsp3) is 0.350. The normalized spacial score (nSPS) is 17.5. The van der Waals surface area contributed by atoms with Gasteiger partial charge in [-0.15, -0.1) is 0 Å². The first-order valence-electron chi connectivity index (χ1n) is 9.39. The predicted octanol–water partition coefficient (Wildman–Crippen LogP) is 1.57. The van der Waals surface area contributed by atoms with Crippen molar-refractivity contribution in [2.24, 2.45) is 0 Å². The molecule has 2 aliphatic rings. The van der Waals surface area contributed by atoms with Crippen molar-refractivity contribution in [2.45, 2.75) is 31.8 Å². The molecule has 9 nitrogen and oxygen atoms in total. The molecule has 1 aromatic carbocycles. The molecule has 1 saturated heterocycles. The van der Waals surface area contributed by atoms with Gasteiger partial charge in [-0.05, 0) is 36.2 Å². The van der Waals surface area contributed by atoms with Crippen LogP contribution in [-0.4, -0.2) is 42.1 Å². The molecule has 0 radical (unpaired) electrons. The molecule has 3 heterocycles. The summed E-state index contributed by atoms with van der Waals surface area (Å²) in [5.74, 6) is 1.37. The summed E-state index contributed by atoms with van der Waals surface area (Å²) in [6, 6.07) is 7.57. The third kappa shape index (κ3) is 4.34. The maximum Gasteiger partial charge on any atom is 0.325 e. The van der Waals surface area contributed by atoms with Gasteiger partial charge in [0.05, 0.1) is 19.2 Å². The number of aryl methyl sites for hydroxylation is 1. The van der Waals surface area contributed by atoms with Crippen molar-refractivity contribution in [2.75, 3.05) is 13.3 Å². The number of carbonyl (C=O) groups is 3. The second-order valence-corrected chi connectivity index (χ2v) is 6.85. The van der Waals surface area contributed by atoms with Gasteiger partial charge in [0, 0.05) is 13.0 Å². The molecule has 0 saturated carbocycles. The summed E-state index contributed by atoms with van der Waals surface area (Å²) in [7, 11) is 0. The Kier molecular flexibility index (Phi) is 5.37. The molecule has 9 heteroatoms. The van der Waals surface area contributed by atoms with Crippen LogP contribution in [0.3, 0.4) is 0 Å². The van der Waals surface area contributed by atoms with Gasteiger partial charge in [0.15, 0.2) is 11.5 Å². The molecule has 2 aliphatic heterocycles. The summed E-state index contributed by atoms with van der Waals surface area (Å²) in [4.78, 5) is 38.0. The van der Waals surface area contributed by atoms with Gasteiger partial charge in [0.1, 0.15) is 11.8 Å².